The minimum Gasteiger partial charge on any atom is -0.462 e. The SMILES string of the molecule is CCOC(=O)c1c[nH+]c2c(C)cc(C)cc2c1NCCO. The van der Waals surface area contributed by atoms with E-state index >= 15 is 0 Å². The monoisotopic (exact) mass is 289 g/mol. The lowest BCUT2D eigenvalue weighted by Crippen LogP contribution is -2.18. The molecule has 3 N–H and O–H groups in total. The molecule has 5 heteroatoms. The highest BCUT2D eigenvalue weighted by molar-refractivity contribution is 6.04. The van der Waals surface area contributed by atoms with E-state index in [9.17, 15) is 4.79 Å². The number of H-pyrrole nitrogens is 1. The van der Waals surface area contributed by atoms with Crippen molar-refractivity contribution in [1.29, 1.82) is 0 Å². The molecule has 0 bridgehead atoms. The van der Waals surface area contributed by atoms with Crippen LogP contribution < -0.4 is 10.3 Å². The molecule has 1 aromatic heterocycles. The Balaban J connectivity index is 2.66. The van der Waals surface area contributed by atoms with Gasteiger partial charge in [-0.2, -0.15) is 0 Å². The molecule has 1 heterocycles. The minimum atomic E-state index is -0.379. The van der Waals surface area contributed by atoms with E-state index in [2.05, 4.69) is 16.4 Å². The molecule has 2 aromatic rings. The van der Waals surface area contributed by atoms with Gasteiger partial charge in [-0.3, -0.25) is 0 Å². The molecule has 0 aliphatic heterocycles. The van der Waals surface area contributed by atoms with Crippen molar-refractivity contribution >= 4 is 22.6 Å². The number of anilines is 1. The normalized spacial score (nSPS) is 10.7. The molecule has 0 radical (unpaired) electrons. The number of aromatic nitrogens is 1. The van der Waals surface area contributed by atoms with Gasteiger partial charge in [0.15, 0.2) is 6.20 Å². The van der Waals surface area contributed by atoms with Gasteiger partial charge >= 0.3 is 5.97 Å². The lowest BCUT2D eigenvalue weighted by Gasteiger charge is -2.12. The number of aryl methyl sites for hydroxylation is 2. The predicted molar refractivity (Wildman–Crippen MR) is 81.5 cm³/mol. The maximum Gasteiger partial charge on any atom is 0.346 e. The number of carbonyl (C=O) groups excluding carboxylic acids is 1. The summed E-state index contributed by atoms with van der Waals surface area (Å²) in [5.74, 6) is -0.379. The minimum absolute atomic E-state index is 0.00678. The molecule has 0 atom stereocenters. The van der Waals surface area contributed by atoms with Crippen molar-refractivity contribution in [3.63, 3.8) is 0 Å². The first-order valence-corrected chi connectivity index (χ1v) is 7.06. The Morgan fingerprint density at radius 3 is 2.81 bits per heavy atom. The maximum absolute atomic E-state index is 12.1. The number of ether oxygens (including phenoxy) is 1. The number of benzene rings is 1. The average Bonchev–Trinajstić information content (AvgIpc) is 2.44. The molecule has 0 saturated heterocycles. The summed E-state index contributed by atoms with van der Waals surface area (Å²) in [4.78, 5) is 15.3. The largest absolute Gasteiger partial charge is 0.462 e. The Bertz CT molecular complexity index is 668. The highest BCUT2D eigenvalue weighted by Crippen LogP contribution is 2.27. The lowest BCUT2D eigenvalue weighted by atomic mass is 10.0. The zero-order chi connectivity index (χ0) is 15.4. The molecular formula is C16H21N2O3+. The summed E-state index contributed by atoms with van der Waals surface area (Å²) in [6.45, 7) is 6.50. The number of carbonyl (C=O) groups is 1. The fourth-order valence-electron chi connectivity index (χ4n) is 2.46. The van der Waals surface area contributed by atoms with Crippen molar-refractivity contribution < 1.29 is 19.6 Å². The van der Waals surface area contributed by atoms with Crippen molar-refractivity contribution in [3.8, 4) is 0 Å². The second-order valence-electron chi connectivity index (χ2n) is 4.95. The van der Waals surface area contributed by atoms with Gasteiger partial charge in [0.25, 0.3) is 0 Å². The van der Waals surface area contributed by atoms with Crippen LogP contribution in [0.25, 0.3) is 10.9 Å². The molecule has 0 aliphatic rings. The molecular weight excluding hydrogens is 268 g/mol. The smallest absolute Gasteiger partial charge is 0.346 e. The van der Waals surface area contributed by atoms with E-state index in [1.807, 2.05) is 19.9 Å². The second kappa shape index (κ2) is 6.54. The van der Waals surface area contributed by atoms with Gasteiger partial charge in [0.2, 0.25) is 5.52 Å². The van der Waals surface area contributed by atoms with Crippen LogP contribution in [-0.4, -0.2) is 30.8 Å². The molecule has 0 fully saturated rings. The van der Waals surface area contributed by atoms with Crippen molar-refractivity contribution in [3.05, 3.63) is 35.0 Å². The zero-order valence-corrected chi connectivity index (χ0v) is 12.6. The quantitative estimate of drug-likeness (QED) is 0.824. The Labute approximate surface area is 124 Å². The molecule has 112 valence electrons. The molecule has 1 aromatic carbocycles. The van der Waals surface area contributed by atoms with Gasteiger partial charge < -0.3 is 15.2 Å². The Morgan fingerprint density at radius 2 is 2.14 bits per heavy atom. The molecule has 0 aliphatic carbocycles. The third-order valence-corrected chi connectivity index (χ3v) is 3.29. The van der Waals surface area contributed by atoms with Crippen molar-refractivity contribution in [2.45, 2.75) is 20.8 Å². The van der Waals surface area contributed by atoms with E-state index < -0.39 is 0 Å². The van der Waals surface area contributed by atoms with Gasteiger partial charge in [-0.05, 0) is 38.5 Å². The summed E-state index contributed by atoms with van der Waals surface area (Å²) in [5, 5.41) is 13.1. The number of rotatable bonds is 5. The van der Waals surface area contributed by atoms with E-state index in [4.69, 9.17) is 9.84 Å². The van der Waals surface area contributed by atoms with Crippen LogP contribution in [0.4, 0.5) is 5.69 Å². The van der Waals surface area contributed by atoms with Crippen LogP contribution in [0.15, 0.2) is 18.3 Å². The molecule has 21 heavy (non-hydrogen) atoms. The number of fused-ring (bicyclic) bond motifs is 1. The van der Waals surface area contributed by atoms with Gasteiger partial charge in [0, 0.05) is 12.1 Å². The van der Waals surface area contributed by atoms with Crippen LogP contribution in [0.3, 0.4) is 0 Å². The summed E-state index contributed by atoms with van der Waals surface area (Å²) < 4.78 is 5.10. The van der Waals surface area contributed by atoms with Crippen LogP contribution in [0.5, 0.6) is 0 Å². The molecule has 2 rings (SSSR count). The first-order chi connectivity index (χ1) is 10.1. The van der Waals surface area contributed by atoms with Crippen molar-refractivity contribution in [2.24, 2.45) is 0 Å². The number of nitrogens with one attached hydrogen (secondary N) is 2. The predicted octanol–water partition coefficient (Wildman–Crippen LogP) is 1.85. The highest BCUT2D eigenvalue weighted by Gasteiger charge is 2.21. The number of aliphatic hydroxyl groups excluding tert-OH is 1. The average molecular weight is 289 g/mol. The number of pyridine rings is 1. The van der Waals surface area contributed by atoms with Gasteiger partial charge in [-0.25, -0.2) is 9.78 Å². The van der Waals surface area contributed by atoms with E-state index in [1.54, 1.807) is 13.1 Å². The van der Waals surface area contributed by atoms with Crippen LogP contribution in [0.2, 0.25) is 0 Å². The van der Waals surface area contributed by atoms with Gasteiger partial charge in [-0.15, -0.1) is 0 Å². The molecule has 0 unspecified atom stereocenters. The Hall–Kier alpha value is -2.14. The Kier molecular flexibility index (Phi) is 4.75. The van der Waals surface area contributed by atoms with E-state index in [0.717, 1.165) is 22.0 Å². The first kappa shape index (κ1) is 15.3. The van der Waals surface area contributed by atoms with Gasteiger partial charge in [-0.1, -0.05) is 0 Å². The van der Waals surface area contributed by atoms with Gasteiger partial charge in [0.05, 0.1) is 24.3 Å². The summed E-state index contributed by atoms with van der Waals surface area (Å²) in [5.41, 5.74) is 4.33. The van der Waals surface area contributed by atoms with Crippen LogP contribution >= 0.6 is 0 Å². The highest BCUT2D eigenvalue weighted by atomic mass is 16.5. The standard InChI is InChI=1S/C16H20N2O3/c1-4-21-16(20)13-9-18-14-11(3)7-10(2)8-12(14)15(13)17-5-6-19/h7-9,19H,4-6H2,1-3H3,(H,17,18)/p+1. The Morgan fingerprint density at radius 1 is 1.38 bits per heavy atom. The number of aromatic amines is 1. The molecule has 0 amide bonds. The van der Waals surface area contributed by atoms with Crippen LogP contribution in [0, 0.1) is 13.8 Å². The van der Waals surface area contributed by atoms with Crippen LogP contribution in [0.1, 0.15) is 28.4 Å². The van der Waals surface area contributed by atoms with Gasteiger partial charge in [0.1, 0.15) is 5.56 Å². The number of esters is 1. The van der Waals surface area contributed by atoms with E-state index in [1.165, 1.54) is 0 Å². The molecule has 5 nitrogen and oxygen atoms in total. The number of hydrogen-bond donors (Lipinski definition) is 2. The topological polar surface area (TPSA) is 72.7 Å². The number of hydrogen-bond acceptors (Lipinski definition) is 4. The summed E-state index contributed by atoms with van der Waals surface area (Å²) >= 11 is 0. The zero-order valence-electron chi connectivity index (χ0n) is 12.6. The molecule has 0 spiro atoms. The molecule has 0 saturated carbocycles. The summed E-state index contributed by atoms with van der Waals surface area (Å²) in [7, 11) is 0. The summed E-state index contributed by atoms with van der Waals surface area (Å²) in [6.07, 6.45) is 1.66. The summed E-state index contributed by atoms with van der Waals surface area (Å²) in [6, 6.07) is 4.10. The fraction of sp³-hybridized carbons (Fsp3) is 0.375. The maximum atomic E-state index is 12.1. The lowest BCUT2D eigenvalue weighted by molar-refractivity contribution is -0.345. The van der Waals surface area contributed by atoms with Crippen LogP contribution in [-0.2, 0) is 4.74 Å². The van der Waals surface area contributed by atoms with Crippen molar-refractivity contribution in [1.82, 2.24) is 0 Å². The third kappa shape index (κ3) is 3.13. The number of aliphatic hydroxyl groups is 1. The van der Waals surface area contributed by atoms with Crippen molar-refractivity contribution in [2.75, 3.05) is 25.1 Å². The second-order valence-corrected chi connectivity index (χ2v) is 4.95. The first-order valence-electron chi connectivity index (χ1n) is 7.06. The van der Waals surface area contributed by atoms with E-state index in [0.29, 0.717) is 24.4 Å². The third-order valence-electron chi connectivity index (χ3n) is 3.29. The van der Waals surface area contributed by atoms with E-state index in [-0.39, 0.29) is 12.6 Å². The fourth-order valence-corrected chi connectivity index (χ4v) is 2.46.